The largest absolute Gasteiger partial charge is 0.494 e. The minimum atomic E-state index is -2.36. The van der Waals surface area contributed by atoms with E-state index in [1.807, 2.05) is 49.4 Å². The van der Waals surface area contributed by atoms with Crippen molar-refractivity contribution in [3.8, 4) is 11.5 Å². The topological polar surface area (TPSA) is 265 Å². The number of Topliss-reactive ketones (excluding diaryl/α,β-unsaturated/α-hetero) is 1. The second kappa shape index (κ2) is 31.1. The number of aliphatic hydroxyl groups is 1. The van der Waals surface area contributed by atoms with Crippen LogP contribution in [-0.2, 0) is 68.5 Å². The number of carbonyl (C=O) groups is 7. The van der Waals surface area contributed by atoms with Crippen molar-refractivity contribution in [1.29, 1.82) is 0 Å². The summed E-state index contributed by atoms with van der Waals surface area (Å²) < 4.78 is 81.3. The van der Waals surface area contributed by atoms with Crippen LogP contribution in [0, 0.1) is 28.6 Å². The molecule has 12 atom stereocenters. The van der Waals surface area contributed by atoms with E-state index < -0.39 is 107 Å². The number of nitrogens with one attached hydrogen (secondary N) is 4. The molecule has 9 rings (SSSR count). The van der Waals surface area contributed by atoms with Crippen LogP contribution in [0.2, 0.25) is 0 Å². The average molecular weight is 1310 g/mol. The van der Waals surface area contributed by atoms with Gasteiger partial charge in [0.05, 0.1) is 90.1 Å². The van der Waals surface area contributed by atoms with Crippen molar-refractivity contribution in [2.24, 2.45) is 28.6 Å². The Morgan fingerprint density at radius 3 is 2.21 bits per heavy atom. The maximum atomic E-state index is 18.0. The highest BCUT2D eigenvalue weighted by molar-refractivity contribution is 6.02. The van der Waals surface area contributed by atoms with Gasteiger partial charge in [-0.25, -0.2) is 8.78 Å². The second-order valence-corrected chi connectivity index (χ2v) is 25.9. The molecule has 3 saturated carbocycles. The molecule has 0 spiro atoms. The summed E-state index contributed by atoms with van der Waals surface area (Å²) in [4.78, 5) is 95.2. The van der Waals surface area contributed by atoms with E-state index in [2.05, 4.69) is 40.3 Å². The van der Waals surface area contributed by atoms with Gasteiger partial charge in [0, 0.05) is 48.6 Å². The summed E-state index contributed by atoms with van der Waals surface area (Å²) in [5, 5.41) is 23.0. The third-order valence-electron chi connectivity index (χ3n) is 19.6. The normalized spacial score (nSPS) is 27.7. The number of para-hydroxylation sites is 1. The maximum absolute atomic E-state index is 18.0. The molecule has 23 heteroatoms. The smallest absolute Gasteiger partial charge is 0.246 e. The van der Waals surface area contributed by atoms with Crippen LogP contribution in [0.3, 0.4) is 0 Å². The van der Waals surface area contributed by atoms with Crippen LogP contribution < -0.4 is 35.6 Å². The average Bonchev–Trinajstić information content (AvgIpc) is 1.41. The highest BCUT2D eigenvalue weighted by Gasteiger charge is 2.80. The molecule has 6 aliphatic rings. The number of amides is 5. The minimum Gasteiger partial charge on any atom is -0.494 e. The highest BCUT2D eigenvalue weighted by Crippen LogP contribution is 2.72. The van der Waals surface area contributed by atoms with Gasteiger partial charge in [-0.15, -0.1) is 0 Å². The number of ether oxygens (including phenoxy) is 8. The van der Waals surface area contributed by atoms with Gasteiger partial charge in [0.2, 0.25) is 35.3 Å². The number of carbonyl (C=O) groups excluding carboxylic acids is 7. The van der Waals surface area contributed by atoms with Crippen LogP contribution in [0.1, 0.15) is 117 Å². The first-order valence-electron chi connectivity index (χ1n) is 32.8. The molecule has 4 aliphatic carbocycles. The molecular weight excluding hydrogens is 1220 g/mol. The molecule has 5 N–H and O–H groups in total. The highest BCUT2D eigenvalue weighted by atomic mass is 19.1. The van der Waals surface area contributed by atoms with Gasteiger partial charge < -0.3 is 69.2 Å². The summed E-state index contributed by atoms with van der Waals surface area (Å²) in [7, 11) is 1.38. The molecule has 1 saturated heterocycles. The van der Waals surface area contributed by atoms with Gasteiger partial charge in [-0.2, -0.15) is 0 Å². The van der Waals surface area contributed by atoms with Gasteiger partial charge >= 0.3 is 0 Å². The van der Waals surface area contributed by atoms with Crippen LogP contribution in [0.5, 0.6) is 11.5 Å². The lowest BCUT2D eigenvalue weighted by atomic mass is 9.44. The zero-order valence-electron chi connectivity index (χ0n) is 55.1. The fourth-order valence-corrected chi connectivity index (χ4v) is 14.7. The number of hydrogen-bond acceptors (Lipinski definition) is 16. The summed E-state index contributed by atoms with van der Waals surface area (Å²) in [5.41, 5.74) is -1.62. The molecule has 94 heavy (non-hydrogen) atoms. The number of halogens is 2. The van der Waals surface area contributed by atoms with Crippen molar-refractivity contribution >= 4 is 64.1 Å². The Kier molecular flexibility index (Phi) is 23.5. The number of allylic oxidation sites excluding steroid dienone is 5. The molecule has 21 nitrogen and oxygen atoms in total. The maximum Gasteiger partial charge on any atom is 0.246 e. The number of ketones is 2. The summed E-state index contributed by atoms with van der Waals surface area (Å²) in [6.45, 7) is 14.6. The molecule has 4 fully saturated rings. The monoisotopic (exact) mass is 1310 g/mol. The van der Waals surface area contributed by atoms with Gasteiger partial charge in [-0.3, -0.25) is 33.6 Å². The van der Waals surface area contributed by atoms with E-state index in [1.165, 1.54) is 51.3 Å². The van der Waals surface area contributed by atoms with Crippen molar-refractivity contribution in [3.05, 3.63) is 107 Å². The fourth-order valence-electron chi connectivity index (χ4n) is 14.7. The molecule has 2 aliphatic heterocycles. The molecule has 1 unspecified atom stereocenters. The SMILES string of the molecule is CCCC1O[C@@H]2C[C@H]3[C@@H]4C[C@H](F)C5=CC(=O)C=C[C@]5(C)[C@@]4(F)[C@@H](O)C[C@]3(C)[C@]2(C(=O)COc2ccc(NC(=O)[C@H](C)NC(=O)[C@@H](NC(=O)CCOCCOCCOCCOCCNC(=O)CCC(=O)N3Cc4ccccc4/C(C)=C\c4ccccc43)C(C)C)c(OC)c2)O1. The number of rotatable bonds is 31. The lowest BCUT2D eigenvalue weighted by molar-refractivity contribution is -0.234. The van der Waals surface area contributed by atoms with Crippen molar-refractivity contribution in [1.82, 2.24) is 16.0 Å². The number of nitrogens with zero attached hydrogens (tertiary/aromatic N) is 1. The van der Waals surface area contributed by atoms with Crippen LogP contribution >= 0.6 is 0 Å². The number of alkyl halides is 2. The van der Waals surface area contributed by atoms with E-state index in [0.29, 0.717) is 45.8 Å². The first-order chi connectivity index (χ1) is 45.0. The van der Waals surface area contributed by atoms with E-state index in [-0.39, 0.29) is 112 Å². The van der Waals surface area contributed by atoms with Gasteiger partial charge in [0.1, 0.15) is 36.4 Å². The zero-order chi connectivity index (χ0) is 67.5. The zero-order valence-corrected chi connectivity index (χ0v) is 55.1. The van der Waals surface area contributed by atoms with Crippen molar-refractivity contribution in [2.75, 3.05) is 83.3 Å². The predicted octanol–water partition coefficient (Wildman–Crippen LogP) is 7.90. The number of methoxy groups -OCH3 is 1. The standard InChI is InChI=1S/C71H91F2N5O16/c1-9-14-64-93-60-39-51-52-38-54(72)53-36-48(79)23-25-68(53,6)70(52,73)58(80)40-69(51,7)71(60,94-64)59(81)42-92-49-19-20-55(57(37-49)87-8)76-66(85)45(5)75-67(86)65(43(2)3)77-62(83)24-27-88-29-31-90-33-34-91-32-30-89-28-26-74-61(82)21-22-63(84)78-41-47-16-10-12-17-50(47)44(4)35-46-15-11-13-18-56(46)78/h10-13,15-20,23,25,35-37,43,45,51-52,54,58,60,64-65,80H,9,14,21-22,24,26-34,38-42H2,1-8H3,(H,74,82)(H,75,86)(H,76,85)(H,77,83)/b44-35-/t45-,51-,52-,54-,58-,60+,64?,65-,68-,69-,70-,71+/m0/s1. The Balaban J connectivity index is 0.637. The summed E-state index contributed by atoms with van der Waals surface area (Å²) in [6, 6.07) is 18.3. The van der Waals surface area contributed by atoms with Crippen LogP contribution in [0.15, 0.2) is 90.5 Å². The van der Waals surface area contributed by atoms with Gasteiger partial charge in [-0.05, 0) is 123 Å². The summed E-state index contributed by atoms with van der Waals surface area (Å²) in [5.74, 6) is -4.62. The van der Waals surface area contributed by atoms with E-state index in [0.717, 1.165) is 34.0 Å². The quantitative estimate of drug-likeness (QED) is 0.0383. The Hall–Kier alpha value is -7.25. The minimum absolute atomic E-state index is 0.00386. The van der Waals surface area contributed by atoms with Crippen molar-refractivity contribution < 1.29 is 85.3 Å². The van der Waals surface area contributed by atoms with E-state index in [9.17, 15) is 38.7 Å². The van der Waals surface area contributed by atoms with Gasteiger partial charge in [0.15, 0.2) is 23.3 Å². The lowest BCUT2D eigenvalue weighted by Crippen LogP contribution is -2.71. The molecule has 0 aromatic heterocycles. The Labute approximate surface area is 548 Å². The Morgan fingerprint density at radius 2 is 1.50 bits per heavy atom. The van der Waals surface area contributed by atoms with E-state index >= 15 is 8.78 Å². The number of fused-ring (bicyclic) bond motifs is 9. The predicted molar refractivity (Wildman–Crippen MR) is 346 cm³/mol. The third kappa shape index (κ3) is 15.0. The number of anilines is 2. The van der Waals surface area contributed by atoms with E-state index in [1.54, 1.807) is 25.7 Å². The molecule has 0 radical (unpaired) electrons. The van der Waals surface area contributed by atoms with Crippen LogP contribution in [-0.4, -0.2) is 167 Å². The Bertz CT molecular complexity index is 3360. The summed E-state index contributed by atoms with van der Waals surface area (Å²) in [6.07, 6.45) is 1.80. The van der Waals surface area contributed by atoms with Gasteiger partial charge in [0.25, 0.3) is 0 Å². The first-order valence-corrected chi connectivity index (χ1v) is 32.8. The molecule has 3 aromatic carbocycles. The molecular formula is C71H91F2N5O16. The van der Waals surface area contributed by atoms with Crippen molar-refractivity contribution in [3.63, 3.8) is 0 Å². The molecule has 0 bridgehead atoms. The molecule has 3 aromatic rings. The molecule has 510 valence electrons. The first kappa shape index (κ1) is 71.1. The van der Waals surface area contributed by atoms with Crippen LogP contribution in [0.25, 0.3) is 11.6 Å². The number of aliphatic hydroxyl groups excluding tert-OH is 1. The summed E-state index contributed by atoms with van der Waals surface area (Å²) >= 11 is 0. The fraction of sp³-hybridized carbons (Fsp3) is 0.563. The molecule has 2 heterocycles. The third-order valence-corrected chi connectivity index (χ3v) is 19.6. The van der Waals surface area contributed by atoms with Crippen molar-refractivity contribution in [2.45, 2.75) is 154 Å². The second-order valence-electron chi connectivity index (χ2n) is 25.9. The lowest BCUT2D eigenvalue weighted by Gasteiger charge is -2.63. The number of benzene rings is 3. The Morgan fingerprint density at radius 1 is 0.809 bits per heavy atom. The van der Waals surface area contributed by atoms with E-state index in [4.69, 9.17) is 37.9 Å². The van der Waals surface area contributed by atoms with Crippen LogP contribution in [0.4, 0.5) is 20.2 Å². The number of hydrogen-bond donors (Lipinski definition) is 5. The molecule has 5 amide bonds. The van der Waals surface area contributed by atoms with Gasteiger partial charge in [-0.1, -0.05) is 82.7 Å².